The number of allylic oxidation sites excluding steroid dienone is 1. The fourth-order valence-corrected chi connectivity index (χ4v) is 4.10. The van der Waals surface area contributed by atoms with Gasteiger partial charge in [0.15, 0.2) is 0 Å². The van der Waals surface area contributed by atoms with Crippen LogP contribution in [0.1, 0.15) is 24.1 Å². The molecule has 2 heterocycles. The van der Waals surface area contributed by atoms with Crippen molar-refractivity contribution in [1.82, 2.24) is 9.55 Å². The number of fused-ring (bicyclic) bond motifs is 3. The maximum Gasteiger partial charge on any atom is 0.209 e. The van der Waals surface area contributed by atoms with Gasteiger partial charge in [0.2, 0.25) is 5.95 Å². The van der Waals surface area contributed by atoms with Crippen LogP contribution in [0.2, 0.25) is 5.02 Å². The van der Waals surface area contributed by atoms with Gasteiger partial charge in [-0.2, -0.15) is 0 Å². The fraction of sp³-hybridized carbons (Fsp3) is 0.125. The monoisotopic (exact) mass is 419 g/mol. The number of rotatable bonds is 4. The molecule has 0 radical (unpaired) electrons. The number of para-hydroxylation sites is 2. The zero-order chi connectivity index (χ0) is 20.7. The van der Waals surface area contributed by atoms with Gasteiger partial charge in [0.25, 0.3) is 0 Å². The van der Waals surface area contributed by atoms with E-state index in [0.29, 0.717) is 28.9 Å². The number of nitrogens with one attached hydrogen (secondary N) is 1. The van der Waals surface area contributed by atoms with Crippen molar-refractivity contribution >= 4 is 34.3 Å². The Kier molecular flexibility index (Phi) is 4.68. The Balaban J connectivity index is 1.68. The summed E-state index contributed by atoms with van der Waals surface area (Å²) in [5, 5.41) is 3.92. The van der Waals surface area contributed by atoms with Crippen molar-refractivity contribution in [3.63, 3.8) is 0 Å². The van der Waals surface area contributed by atoms with Gasteiger partial charge in [0.1, 0.15) is 11.6 Å². The Morgan fingerprint density at radius 3 is 2.70 bits per heavy atom. The summed E-state index contributed by atoms with van der Waals surface area (Å²) in [5.74, 6) is 1.04. The number of halogens is 2. The summed E-state index contributed by atoms with van der Waals surface area (Å²) in [6, 6.07) is 20.0. The van der Waals surface area contributed by atoms with E-state index in [9.17, 15) is 4.39 Å². The Morgan fingerprint density at radius 1 is 1.10 bits per heavy atom. The van der Waals surface area contributed by atoms with E-state index in [0.717, 1.165) is 22.3 Å². The summed E-state index contributed by atoms with van der Waals surface area (Å²) < 4.78 is 22.3. The van der Waals surface area contributed by atoms with Crippen LogP contribution in [-0.4, -0.2) is 16.2 Å². The SMILES string of the molecule is CCOc1ccc(C2=CC(c3ccccc3F)n3c(nc4ccccc43)N2)cc1Cl. The van der Waals surface area contributed by atoms with Crippen LogP contribution in [0.15, 0.2) is 72.8 Å². The van der Waals surface area contributed by atoms with Gasteiger partial charge in [-0.05, 0) is 55.0 Å². The van der Waals surface area contributed by atoms with Crippen LogP contribution in [0.5, 0.6) is 5.75 Å². The van der Waals surface area contributed by atoms with E-state index >= 15 is 0 Å². The predicted molar refractivity (Wildman–Crippen MR) is 118 cm³/mol. The number of nitrogens with zero attached hydrogens (tertiary/aromatic N) is 2. The summed E-state index contributed by atoms with van der Waals surface area (Å²) in [4.78, 5) is 4.73. The lowest BCUT2D eigenvalue weighted by atomic mass is 10.0. The number of ether oxygens (including phenoxy) is 1. The molecule has 1 unspecified atom stereocenters. The second kappa shape index (κ2) is 7.50. The number of aromatic nitrogens is 2. The van der Waals surface area contributed by atoms with Crippen molar-refractivity contribution in [2.75, 3.05) is 11.9 Å². The number of hydrogen-bond acceptors (Lipinski definition) is 3. The molecule has 1 aliphatic rings. The van der Waals surface area contributed by atoms with Gasteiger partial charge >= 0.3 is 0 Å². The lowest BCUT2D eigenvalue weighted by Crippen LogP contribution is -2.20. The molecule has 6 heteroatoms. The van der Waals surface area contributed by atoms with Crippen molar-refractivity contribution < 1.29 is 9.13 Å². The molecule has 5 rings (SSSR count). The van der Waals surface area contributed by atoms with Crippen LogP contribution >= 0.6 is 11.6 Å². The molecule has 1 N–H and O–H groups in total. The van der Waals surface area contributed by atoms with E-state index in [1.165, 1.54) is 6.07 Å². The third-order valence-electron chi connectivity index (χ3n) is 5.21. The number of anilines is 1. The quantitative estimate of drug-likeness (QED) is 0.423. The normalized spacial score (nSPS) is 15.4. The first-order chi connectivity index (χ1) is 14.7. The molecule has 150 valence electrons. The summed E-state index contributed by atoms with van der Waals surface area (Å²) in [7, 11) is 0. The van der Waals surface area contributed by atoms with Crippen LogP contribution in [0.25, 0.3) is 16.7 Å². The summed E-state index contributed by atoms with van der Waals surface area (Å²) in [6.45, 7) is 2.46. The molecule has 1 aliphatic heterocycles. The molecule has 4 nitrogen and oxygen atoms in total. The van der Waals surface area contributed by atoms with Gasteiger partial charge in [-0.1, -0.05) is 41.9 Å². The lowest BCUT2D eigenvalue weighted by Gasteiger charge is -2.27. The second-order valence-electron chi connectivity index (χ2n) is 7.04. The molecule has 0 bridgehead atoms. The third kappa shape index (κ3) is 3.12. The van der Waals surface area contributed by atoms with E-state index in [1.54, 1.807) is 6.07 Å². The van der Waals surface area contributed by atoms with Crippen LogP contribution in [0.3, 0.4) is 0 Å². The second-order valence-corrected chi connectivity index (χ2v) is 7.45. The Morgan fingerprint density at radius 2 is 1.90 bits per heavy atom. The van der Waals surface area contributed by atoms with Crippen molar-refractivity contribution in [2.24, 2.45) is 0 Å². The molecule has 1 aromatic heterocycles. The molecule has 3 aromatic carbocycles. The zero-order valence-corrected chi connectivity index (χ0v) is 17.0. The number of imidazole rings is 1. The molecule has 0 fully saturated rings. The first-order valence-electron chi connectivity index (χ1n) is 9.78. The van der Waals surface area contributed by atoms with Gasteiger partial charge in [0, 0.05) is 11.3 Å². The number of hydrogen-bond donors (Lipinski definition) is 1. The predicted octanol–water partition coefficient (Wildman–Crippen LogP) is 6.28. The molecular formula is C24H19ClFN3O. The smallest absolute Gasteiger partial charge is 0.209 e. The minimum Gasteiger partial charge on any atom is -0.492 e. The third-order valence-corrected chi connectivity index (χ3v) is 5.51. The highest BCUT2D eigenvalue weighted by atomic mass is 35.5. The molecule has 1 atom stereocenters. The molecule has 0 saturated heterocycles. The van der Waals surface area contributed by atoms with Crippen molar-refractivity contribution in [2.45, 2.75) is 13.0 Å². The average Bonchev–Trinajstić information content (AvgIpc) is 3.14. The molecule has 4 aromatic rings. The first kappa shape index (κ1) is 18.7. The molecule has 0 saturated carbocycles. The summed E-state index contributed by atoms with van der Waals surface area (Å²) in [5.41, 5.74) is 4.06. The molecular weight excluding hydrogens is 401 g/mol. The van der Waals surface area contributed by atoms with Gasteiger partial charge in [-0.15, -0.1) is 0 Å². The number of benzene rings is 3. The zero-order valence-electron chi connectivity index (χ0n) is 16.3. The maximum atomic E-state index is 14.8. The van der Waals surface area contributed by atoms with E-state index in [1.807, 2.05) is 72.2 Å². The van der Waals surface area contributed by atoms with Crippen LogP contribution in [0.4, 0.5) is 10.3 Å². The molecule has 0 amide bonds. The summed E-state index contributed by atoms with van der Waals surface area (Å²) in [6.07, 6.45) is 2.01. The Labute approximate surface area is 178 Å². The highest BCUT2D eigenvalue weighted by molar-refractivity contribution is 6.32. The van der Waals surface area contributed by atoms with Gasteiger partial charge < -0.3 is 10.1 Å². The lowest BCUT2D eigenvalue weighted by molar-refractivity contribution is 0.340. The standard InChI is InChI=1S/C24H19ClFN3O/c1-2-30-23-12-11-15(13-17(23)25)20-14-22(16-7-3-4-8-18(16)26)29-21-10-6-5-9-19(21)27-24(29)28-20/h3-14,22H,2H2,1H3,(H,27,28). The minimum absolute atomic E-state index is 0.256. The van der Waals surface area contributed by atoms with Crippen molar-refractivity contribution in [3.8, 4) is 5.75 Å². The molecule has 30 heavy (non-hydrogen) atoms. The van der Waals surface area contributed by atoms with Crippen LogP contribution in [0, 0.1) is 5.82 Å². The Hall–Kier alpha value is -3.31. The van der Waals surface area contributed by atoms with Crippen LogP contribution in [-0.2, 0) is 0 Å². The highest BCUT2D eigenvalue weighted by Gasteiger charge is 2.27. The largest absolute Gasteiger partial charge is 0.492 e. The van der Waals surface area contributed by atoms with E-state index in [4.69, 9.17) is 21.3 Å². The Bertz CT molecular complexity index is 1280. The maximum absolute atomic E-state index is 14.8. The topological polar surface area (TPSA) is 39.1 Å². The van der Waals surface area contributed by atoms with E-state index in [-0.39, 0.29) is 11.9 Å². The summed E-state index contributed by atoms with van der Waals surface area (Å²) >= 11 is 6.41. The molecule has 0 aliphatic carbocycles. The average molecular weight is 420 g/mol. The van der Waals surface area contributed by atoms with E-state index < -0.39 is 0 Å². The van der Waals surface area contributed by atoms with E-state index in [2.05, 4.69) is 5.32 Å². The van der Waals surface area contributed by atoms with Gasteiger partial charge in [-0.3, -0.25) is 4.57 Å². The first-order valence-corrected chi connectivity index (χ1v) is 10.2. The van der Waals surface area contributed by atoms with Crippen molar-refractivity contribution in [3.05, 3.63) is 94.8 Å². The van der Waals surface area contributed by atoms with Gasteiger partial charge in [0.05, 0.1) is 28.7 Å². The van der Waals surface area contributed by atoms with Crippen molar-refractivity contribution in [1.29, 1.82) is 0 Å². The highest BCUT2D eigenvalue weighted by Crippen LogP contribution is 2.38. The van der Waals surface area contributed by atoms with Gasteiger partial charge in [-0.25, -0.2) is 9.37 Å². The van der Waals surface area contributed by atoms with Crippen LogP contribution < -0.4 is 10.1 Å². The molecule has 0 spiro atoms. The fourth-order valence-electron chi connectivity index (χ4n) is 3.86. The minimum atomic E-state index is -0.352.